The van der Waals surface area contributed by atoms with Crippen molar-refractivity contribution in [2.45, 2.75) is 19.8 Å². The van der Waals surface area contributed by atoms with Gasteiger partial charge in [-0.25, -0.2) is 0 Å². The van der Waals surface area contributed by atoms with Crippen molar-refractivity contribution in [3.05, 3.63) is 0 Å². The van der Waals surface area contributed by atoms with Gasteiger partial charge in [0.05, 0.1) is 26.4 Å². The predicted octanol–water partition coefficient (Wildman–Crippen LogP) is -0.482. The molecule has 6 heteroatoms. The van der Waals surface area contributed by atoms with Crippen LogP contribution in [0.1, 0.15) is 19.8 Å². The summed E-state index contributed by atoms with van der Waals surface area (Å²) < 4.78 is 10.4. The number of nitrogens with one attached hydrogen (secondary N) is 2. The van der Waals surface area contributed by atoms with Crippen LogP contribution in [-0.2, 0) is 14.3 Å². The summed E-state index contributed by atoms with van der Waals surface area (Å²) in [4.78, 5) is 11.2. The number of ether oxygens (including phenoxy) is 2. The highest BCUT2D eigenvalue weighted by atomic mass is 16.5. The Labute approximate surface area is 109 Å². The van der Waals surface area contributed by atoms with Gasteiger partial charge in [0, 0.05) is 19.6 Å². The first-order chi connectivity index (χ1) is 8.81. The molecule has 0 atom stereocenters. The van der Waals surface area contributed by atoms with Crippen molar-refractivity contribution in [2.75, 3.05) is 52.7 Å². The molecule has 0 aliphatic heterocycles. The molecular weight excluding hydrogens is 236 g/mol. The fraction of sp³-hybridized carbons (Fsp3) is 0.917. The van der Waals surface area contributed by atoms with Crippen LogP contribution in [0.4, 0.5) is 0 Å². The molecule has 0 unspecified atom stereocenters. The summed E-state index contributed by atoms with van der Waals surface area (Å²) in [5.74, 6) is -0.0759. The van der Waals surface area contributed by atoms with E-state index in [2.05, 4.69) is 17.6 Å². The van der Waals surface area contributed by atoms with E-state index in [9.17, 15) is 4.79 Å². The maximum atomic E-state index is 11.2. The second-order valence-electron chi connectivity index (χ2n) is 3.84. The van der Waals surface area contributed by atoms with Crippen molar-refractivity contribution in [1.29, 1.82) is 0 Å². The Morgan fingerprint density at radius 1 is 1.11 bits per heavy atom. The molecule has 0 saturated heterocycles. The molecular formula is C12H26N2O4. The van der Waals surface area contributed by atoms with Gasteiger partial charge in [0.2, 0.25) is 5.91 Å². The second kappa shape index (κ2) is 14.4. The Hall–Kier alpha value is -0.690. The average molecular weight is 262 g/mol. The molecule has 18 heavy (non-hydrogen) atoms. The molecule has 108 valence electrons. The maximum absolute atomic E-state index is 11.2. The number of rotatable bonds is 13. The Morgan fingerprint density at radius 3 is 2.61 bits per heavy atom. The summed E-state index contributed by atoms with van der Waals surface area (Å²) in [5, 5.41) is 14.3. The van der Waals surface area contributed by atoms with E-state index < -0.39 is 0 Å². The molecule has 0 spiro atoms. The minimum atomic E-state index is -0.0759. The fourth-order valence-corrected chi connectivity index (χ4v) is 1.19. The van der Waals surface area contributed by atoms with E-state index in [1.54, 1.807) is 0 Å². The van der Waals surface area contributed by atoms with E-state index in [-0.39, 0.29) is 19.1 Å². The van der Waals surface area contributed by atoms with Crippen LogP contribution in [0, 0.1) is 0 Å². The van der Waals surface area contributed by atoms with Gasteiger partial charge in [0.15, 0.2) is 0 Å². The van der Waals surface area contributed by atoms with Gasteiger partial charge in [-0.1, -0.05) is 13.3 Å². The number of carbonyl (C=O) groups is 1. The summed E-state index contributed by atoms with van der Waals surface area (Å²) in [6, 6.07) is 0. The van der Waals surface area contributed by atoms with Crippen LogP contribution >= 0.6 is 0 Å². The molecule has 0 bridgehead atoms. The summed E-state index contributed by atoms with van der Waals surface area (Å²) in [5.41, 5.74) is 0. The van der Waals surface area contributed by atoms with Crippen LogP contribution in [0.5, 0.6) is 0 Å². The number of unbranched alkanes of at least 4 members (excludes halogenated alkanes) is 1. The zero-order valence-corrected chi connectivity index (χ0v) is 11.2. The first-order valence-corrected chi connectivity index (χ1v) is 6.55. The van der Waals surface area contributed by atoms with Crippen molar-refractivity contribution >= 4 is 5.91 Å². The molecule has 0 aromatic heterocycles. The van der Waals surface area contributed by atoms with E-state index in [4.69, 9.17) is 14.6 Å². The number of amides is 1. The highest BCUT2D eigenvalue weighted by Crippen LogP contribution is 1.83. The van der Waals surface area contributed by atoms with Crippen LogP contribution in [0.2, 0.25) is 0 Å². The average Bonchev–Trinajstić information content (AvgIpc) is 2.37. The van der Waals surface area contributed by atoms with Gasteiger partial charge >= 0.3 is 0 Å². The van der Waals surface area contributed by atoms with E-state index in [0.717, 1.165) is 12.8 Å². The number of carbonyl (C=O) groups excluding carboxylic acids is 1. The number of aliphatic hydroxyl groups is 1. The lowest BCUT2D eigenvalue weighted by Gasteiger charge is -2.07. The zero-order chi connectivity index (χ0) is 13.5. The first-order valence-electron chi connectivity index (χ1n) is 6.55. The van der Waals surface area contributed by atoms with Gasteiger partial charge in [-0.05, 0) is 6.42 Å². The van der Waals surface area contributed by atoms with Crippen LogP contribution < -0.4 is 10.6 Å². The predicted molar refractivity (Wildman–Crippen MR) is 69.5 cm³/mol. The molecule has 0 rings (SSSR count). The van der Waals surface area contributed by atoms with Crippen molar-refractivity contribution in [2.24, 2.45) is 0 Å². The molecule has 3 N–H and O–H groups in total. The minimum Gasteiger partial charge on any atom is -0.395 e. The smallest absolute Gasteiger partial charge is 0.245 e. The van der Waals surface area contributed by atoms with Gasteiger partial charge in [0.25, 0.3) is 0 Å². The molecule has 0 radical (unpaired) electrons. The number of hydrogen-bond acceptors (Lipinski definition) is 5. The molecule has 0 saturated carbocycles. The molecule has 0 aromatic rings. The normalized spacial score (nSPS) is 10.6. The lowest BCUT2D eigenvalue weighted by Crippen LogP contribution is -2.29. The lowest BCUT2D eigenvalue weighted by molar-refractivity contribution is -0.126. The Morgan fingerprint density at radius 2 is 1.89 bits per heavy atom. The highest BCUT2D eigenvalue weighted by molar-refractivity contribution is 5.77. The van der Waals surface area contributed by atoms with Gasteiger partial charge in [-0.15, -0.1) is 0 Å². The van der Waals surface area contributed by atoms with Crippen molar-refractivity contribution < 1.29 is 19.4 Å². The van der Waals surface area contributed by atoms with Crippen LogP contribution in [-0.4, -0.2) is 63.7 Å². The van der Waals surface area contributed by atoms with Gasteiger partial charge in [0.1, 0.15) is 6.61 Å². The Kier molecular flexibility index (Phi) is 13.8. The third-order valence-corrected chi connectivity index (χ3v) is 2.17. The van der Waals surface area contributed by atoms with Crippen molar-refractivity contribution in [1.82, 2.24) is 10.6 Å². The maximum Gasteiger partial charge on any atom is 0.245 e. The summed E-state index contributed by atoms with van der Waals surface area (Å²) in [6.45, 7) is 5.78. The molecule has 0 heterocycles. The summed E-state index contributed by atoms with van der Waals surface area (Å²) >= 11 is 0. The van der Waals surface area contributed by atoms with Gasteiger partial charge in [-0.3, -0.25) is 4.79 Å². The monoisotopic (exact) mass is 262 g/mol. The van der Waals surface area contributed by atoms with Crippen molar-refractivity contribution in [3.8, 4) is 0 Å². The largest absolute Gasteiger partial charge is 0.395 e. The molecule has 6 nitrogen and oxygen atoms in total. The quantitative estimate of drug-likeness (QED) is 0.391. The topological polar surface area (TPSA) is 79.8 Å². The number of hydrogen-bond donors (Lipinski definition) is 3. The van der Waals surface area contributed by atoms with Crippen LogP contribution in [0.3, 0.4) is 0 Å². The zero-order valence-electron chi connectivity index (χ0n) is 11.2. The Balaban J connectivity index is 3.08. The second-order valence-corrected chi connectivity index (χ2v) is 3.84. The summed E-state index contributed by atoms with van der Waals surface area (Å²) in [6.07, 6.45) is 2.06. The molecule has 0 aromatic carbocycles. The van der Waals surface area contributed by atoms with E-state index >= 15 is 0 Å². The molecule has 0 aliphatic rings. The van der Waals surface area contributed by atoms with Gasteiger partial charge in [-0.2, -0.15) is 0 Å². The van der Waals surface area contributed by atoms with Crippen LogP contribution in [0.25, 0.3) is 0 Å². The van der Waals surface area contributed by atoms with E-state index in [1.165, 1.54) is 0 Å². The minimum absolute atomic E-state index is 0.0759. The van der Waals surface area contributed by atoms with Crippen LogP contribution in [0.15, 0.2) is 0 Å². The van der Waals surface area contributed by atoms with Gasteiger partial charge < -0.3 is 25.2 Å². The Bertz CT molecular complexity index is 191. The van der Waals surface area contributed by atoms with E-state index in [0.29, 0.717) is 39.5 Å². The molecule has 0 aliphatic carbocycles. The standard InChI is InChI=1S/C12H26N2O4/c1-2-3-4-14-12(16)11-18-10-9-17-8-6-13-5-7-15/h13,15H,2-11H2,1H3,(H,14,16). The third kappa shape index (κ3) is 13.4. The number of aliphatic hydroxyl groups excluding tert-OH is 1. The van der Waals surface area contributed by atoms with Crippen molar-refractivity contribution in [3.63, 3.8) is 0 Å². The lowest BCUT2D eigenvalue weighted by atomic mass is 10.3. The summed E-state index contributed by atoms with van der Waals surface area (Å²) in [7, 11) is 0. The fourth-order valence-electron chi connectivity index (χ4n) is 1.19. The molecule has 0 fully saturated rings. The third-order valence-electron chi connectivity index (χ3n) is 2.17. The first kappa shape index (κ1) is 17.3. The SMILES string of the molecule is CCCCNC(=O)COCCOCCNCCO. The molecule has 1 amide bonds. The van der Waals surface area contributed by atoms with E-state index in [1.807, 2.05) is 0 Å². The highest BCUT2D eigenvalue weighted by Gasteiger charge is 1.99.